The van der Waals surface area contributed by atoms with Gasteiger partial charge in [0.15, 0.2) is 0 Å². The van der Waals surface area contributed by atoms with Crippen molar-refractivity contribution in [3.05, 3.63) is 58.6 Å². The first kappa shape index (κ1) is 15.6. The lowest BCUT2D eigenvalue weighted by Gasteiger charge is -2.17. The molecule has 114 valence electrons. The number of hydrogen-bond donors (Lipinski definition) is 1. The summed E-state index contributed by atoms with van der Waals surface area (Å²) in [4.78, 5) is 3.67. The number of rotatable bonds is 3. The molecule has 2 aromatic carbocycles. The molecule has 0 saturated heterocycles. The van der Waals surface area contributed by atoms with Gasteiger partial charge in [-0.3, -0.25) is 0 Å². The van der Waals surface area contributed by atoms with E-state index in [-0.39, 0.29) is 4.90 Å². The highest BCUT2D eigenvalue weighted by molar-refractivity contribution is 9.10. The summed E-state index contributed by atoms with van der Waals surface area (Å²) in [5.41, 5.74) is 1.77. The number of thioether (sulfide) groups is 1. The van der Waals surface area contributed by atoms with E-state index in [1.807, 2.05) is 24.3 Å². The molecule has 0 saturated carbocycles. The second kappa shape index (κ2) is 6.44. The molecule has 2 aromatic rings. The van der Waals surface area contributed by atoms with Gasteiger partial charge in [0.05, 0.1) is 10.6 Å². The fraction of sp³-hybridized carbons (Fsp3) is 0.133. The SMILES string of the molecule is O=S(=O)(N/N=C1/CCSc2ccccc21)c1ccc(Br)cc1. The van der Waals surface area contributed by atoms with E-state index < -0.39 is 10.0 Å². The molecular formula is C15H13BrN2O2S2. The molecule has 1 N–H and O–H groups in total. The molecule has 0 unspecified atom stereocenters. The third kappa shape index (κ3) is 3.37. The minimum Gasteiger partial charge on any atom is -0.200 e. The highest BCUT2D eigenvalue weighted by Crippen LogP contribution is 2.29. The number of benzene rings is 2. The Kier molecular flexibility index (Phi) is 4.56. The van der Waals surface area contributed by atoms with Crippen LogP contribution in [0, 0.1) is 0 Å². The van der Waals surface area contributed by atoms with Gasteiger partial charge in [-0.1, -0.05) is 34.1 Å². The first-order valence-electron chi connectivity index (χ1n) is 6.62. The second-order valence-electron chi connectivity index (χ2n) is 4.70. The lowest BCUT2D eigenvalue weighted by atomic mass is 10.1. The lowest BCUT2D eigenvalue weighted by Crippen LogP contribution is -2.22. The molecule has 1 aliphatic rings. The van der Waals surface area contributed by atoms with Crippen LogP contribution in [0.15, 0.2) is 67.9 Å². The number of halogens is 1. The van der Waals surface area contributed by atoms with Crippen LogP contribution in [-0.2, 0) is 10.0 Å². The van der Waals surface area contributed by atoms with Crippen molar-refractivity contribution in [2.45, 2.75) is 16.2 Å². The summed E-state index contributed by atoms with van der Waals surface area (Å²) in [6, 6.07) is 14.4. The number of nitrogens with zero attached hydrogens (tertiary/aromatic N) is 1. The fourth-order valence-electron chi connectivity index (χ4n) is 2.12. The Labute approximate surface area is 142 Å². The molecule has 0 aromatic heterocycles. The van der Waals surface area contributed by atoms with Crippen LogP contribution in [0.4, 0.5) is 0 Å². The van der Waals surface area contributed by atoms with Gasteiger partial charge in [0, 0.05) is 27.1 Å². The van der Waals surface area contributed by atoms with Gasteiger partial charge < -0.3 is 0 Å². The Hall–Kier alpha value is -1.31. The molecule has 0 fully saturated rings. The quantitative estimate of drug-likeness (QED) is 0.805. The maximum atomic E-state index is 12.3. The summed E-state index contributed by atoms with van der Waals surface area (Å²) in [6.45, 7) is 0. The van der Waals surface area contributed by atoms with Crippen LogP contribution in [0.25, 0.3) is 0 Å². The van der Waals surface area contributed by atoms with Crippen LogP contribution in [0.1, 0.15) is 12.0 Å². The molecule has 22 heavy (non-hydrogen) atoms. The smallest absolute Gasteiger partial charge is 0.200 e. The predicted octanol–water partition coefficient (Wildman–Crippen LogP) is 3.63. The normalized spacial score (nSPS) is 16.3. The van der Waals surface area contributed by atoms with Gasteiger partial charge in [-0.05, 0) is 30.3 Å². The van der Waals surface area contributed by atoms with Crippen molar-refractivity contribution in [2.75, 3.05) is 5.75 Å². The number of nitrogens with one attached hydrogen (secondary N) is 1. The minimum absolute atomic E-state index is 0.193. The Balaban J connectivity index is 1.87. The van der Waals surface area contributed by atoms with Gasteiger partial charge in [-0.2, -0.15) is 18.4 Å². The zero-order valence-electron chi connectivity index (χ0n) is 11.5. The van der Waals surface area contributed by atoms with Crippen molar-refractivity contribution in [3.63, 3.8) is 0 Å². The standard InChI is InChI=1S/C15H13BrN2O2S2/c16-11-5-7-12(8-6-11)22(19,20)18-17-14-9-10-21-15-4-2-1-3-13(14)15/h1-8,18H,9-10H2/b17-14-. The molecule has 0 amide bonds. The predicted molar refractivity (Wildman–Crippen MR) is 92.8 cm³/mol. The Bertz CT molecular complexity index is 818. The average Bonchev–Trinajstić information content (AvgIpc) is 2.53. The van der Waals surface area contributed by atoms with Gasteiger partial charge in [0.1, 0.15) is 0 Å². The van der Waals surface area contributed by atoms with Gasteiger partial charge in [-0.25, -0.2) is 0 Å². The van der Waals surface area contributed by atoms with Crippen molar-refractivity contribution in [3.8, 4) is 0 Å². The molecule has 0 radical (unpaired) electrons. The summed E-state index contributed by atoms with van der Waals surface area (Å²) in [7, 11) is -3.64. The molecule has 3 rings (SSSR count). The molecule has 0 spiro atoms. The molecule has 0 aliphatic carbocycles. The third-order valence-corrected chi connectivity index (χ3v) is 6.05. The Morgan fingerprint density at radius 1 is 1.09 bits per heavy atom. The van der Waals surface area contributed by atoms with E-state index in [0.29, 0.717) is 0 Å². The number of fused-ring (bicyclic) bond motifs is 1. The first-order chi connectivity index (χ1) is 10.6. The van der Waals surface area contributed by atoms with Crippen molar-refractivity contribution in [1.82, 2.24) is 4.83 Å². The Morgan fingerprint density at radius 3 is 2.59 bits per heavy atom. The fourth-order valence-corrected chi connectivity index (χ4v) is 4.25. The summed E-state index contributed by atoms with van der Waals surface area (Å²) in [5, 5.41) is 4.15. The lowest BCUT2D eigenvalue weighted by molar-refractivity contribution is 0.584. The summed E-state index contributed by atoms with van der Waals surface area (Å²) < 4.78 is 25.3. The van der Waals surface area contributed by atoms with E-state index in [2.05, 4.69) is 25.9 Å². The zero-order valence-corrected chi connectivity index (χ0v) is 14.7. The van der Waals surface area contributed by atoms with Crippen LogP contribution in [0.5, 0.6) is 0 Å². The first-order valence-corrected chi connectivity index (χ1v) is 9.88. The largest absolute Gasteiger partial charge is 0.276 e. The van der Waals surface area contributed by atoms with Gasteiger partial charge in [0.25, 0.3) is 10.0 Å². The minimum atomic E-state index is -3.64. The average molecular weight is 397 g/mol. The van der Waals surface area contributed by atoms with E-state index >= 15 is 0 Å². The summed E-state index contributed by atoms with van der Waals surface area (Å²) >= 11 is 5.05. The number of sulfonamides is 1. The molecular weight excluding hydrogens is 384 g/mol. The molecule has 0 atom stereocenters. The summed E-state index contributed by atoms with van der Waals surface area (Å²) in [6.07, 6.45) is 0.741. The Morgan fingerprint density at radius 2 is 1.82 bits per heavy atom. The van der Waals surface area contributed by atoms with E-state index in [1.54, 1.807) is 23.9 Å². The molecule has 0 bridgehead atoms. The maximum absolute atomic E-state index is 12.3. The van der Waals surface area contributed by atoms with E-state index in [4.69, 9.17) is 0 Å². The molecule has 1 aliphatic heterocycles. The van der Waals surface area contributed by atoms with E-state index in [1.165, 1.54) is 12.1 Å². The number of hydrogen-bond acceptors (Lipinski definition) is 4. The summed E-state index contributed by atoms with van der Waals surface area (Å²) in [5.74, 6) is 0.899. The highest BCUT2D eigenvalue weighted by Gasteiger charge is 2.17. The van der Waals surface area contributed by atoms with Crippen LogP contribution >= 0.6 is 27.7 Å². The van der Waals surface area contributed by atoms with E-state index in [9.17, 15) is 8.42 Å². The van der Waals surface area contributed by atoms with Crippen LogP contribution in [-0.4, -0.2) is 19.9 Å². The number of hydrazone groups is 1. The zero-order chi connectivity index (χ0) is 15.6. The molecule has 1 heterocycles. The molecule has 7 heteroatoms. The van der Waals surface area contributed by atoms with Crippen LogP contribution in [0.3, 0.4) is 0 Å². The monoisotopic (exact) mass is 396 g/mol. The van der Waals surface area contributed by atoms with Crippen molar-refractivity contribution in [2.24, 2.45) is 5.10 Å². The van der Waals surface area contributed by atoms with Crippen LogP contribution in [0.2, 0.25) is 0 Å². The highest BCUT2D eigenvalue weighted by atomic mass is 79.9. The molecule has 4 nitrogen and oxygen atoms in total. The van der Waals surface area contributed by atoms with Crippen molar-refractivity contribution in [1.29, 1.82) is 0 Å². The third-order valence-electron chi connectivity index (χ3n) is 3.22. The van der Waals surface area contributed by atoms with Crippen molar-refractivity contribution < 1.29 is 8.42 Å². The van der Waals surface area contributed by atoms with Gasteiger partial charge in [-0.15, -0.1) is 11.8 Å². The topological polar surface area (TPSA) is 58.5 Å². The van der Waals surface area contributed by atoms with Crippen LogP contribution < -0.4 is 4.83 Å². The second-order valence-corrected chi connectivity index (χ2v) is 8.42. The van der Waals surface area contributed by atoms with E-state index in [0.717, 1.165) is 32.8 Å². The van der Waals surface area contributed by atoms with Gasteiger partial charge in [0.2, 0.25) is 0 Å². The van der Waals surface area contributed by atoms with Crippen molar-refractivity contribution >= 4 is 43.4 Å². The van der Waals surface area contributed by atoms with Gasteiger partial charge >= 0.3 is 0 Å². The maximum Gasteiger partial charge on any atom is 0.276 e.